The summed E-state index contributed by atoms with van der Waals surface area (Å²) >= 11 is 0. The van der Waals surface area contributed by atoms with Gasteiger partial charge in [-0.25, -0.2) is 4.98 Å². The van der Waals surface area contributed by atoms with Crippen LogP contribution in [0.2, 0.25) is 0 Å². The number of nitrogen functional groups attached to an aromatic ring is 1. The maximum atomic E-state index is 12.4. The highest BCUT2D eigenvalue weighted by atomic mass is 19.4. The summed E-state index contributed by atoms with van der Waals surface area (Å²) in [5, 5.41) is 0. The van der Waals surface area contributed by atoms with Crippen molar-refractivity contribution in [3.8, 4) is 0 Å². The van der Waals surface area contributed by atoms with Crippen molar-refractivity contribution < 1.29 is 13.2 Å². The third kappa shape index (κ3) is 3.29. The van der Waals surface area contributed by atoms with Crippen LogP contribution in [0, 0.1) is 0 Å². The van der Waals surface area contributed by atoms with Gasteiger partial charge < -0.3 is 10.6 Å². The summed E-state index contributed by atoms with van der Waals surface area (Å²) in [5.74, 6) is 0.176. The highest BCUT2D eigenvalue weighted by Crippen LogP contribution is 2.26. The van der Waals surface area contributed by atoms with Crippen LogP contribution in [0.1, 0.15) is 13.8 Å². The third-order valence-electron chi connectivity index (χ3n) is 2.06. The zero-order chi connectivity index (χ0) is 12.3. The summed E-state index contributed by atoms with van der Waals surface area (Å²) in [4.78, 5) is 5.02. The summed E-state index contributed by atoms with van der Waals surface area (Å²) in [7, 11) is 0. The zero-order valence-electron chi connectivity index (χ0n) is 9.12. The molecule has 1 rings (SSSR count). The van der Waals surface area contributed by atoms with Crippen LogP contribution in [0.4, 0.5) is 24.7 Å². The molecule has 0 aliphatic rings. The van der Waals surface area contributed by atoms with E-state index in [0.29, 0.717) is 0 Å². The lowest BCUT2D eigenvalue weighted by atomic mass is 10.2. The van der Waals surface area contributed by atoms with E-state index in [1.807, 2.05) is 0 Å². The normalized spacial score (nSPS) is 11.9. The van der Waals surface area contributed by atoms with Crippen LogP contribution in [-0.4, -0.2) is 23.7 Å². The van der Waals surface area contributed by atoms with E-state index in [1.54, 1.807) is 19.9 Å². The number of nitrogens with two attached hydrogens (primary N) is 1. The molecule has 3 nitrogen and oxygen atoms in total. The van der Waals surface area contributed by atoms with Crippen molar-refractivity contribution in [2.45, 2.75) is 26.1 Å². The van der Waals surface area contributed by atoms with Gasteiger partial charge in [-0.15, -0.1) is 0 Å². The number of halogens is 3. The third-order valence-corrected chi connectivity index (χ3v) is 2.06. The Morgan fingerprint density at radius 2 is 2.06 bits per heavy atom. The first kappa shape index (κ1) is 12.6. The van der Waals surface area contributed by atoms with Crippen molar-refractivity contribution in [2.75, 3.05) is 17.2 Å². The molecule has 1 heterocycles. The Kier molecular flexibility index (Phi) is 3.62. The average Bonchev–Trinajstić information content (AvgIpc) is 2.13. The van der Waals surface area contributed by atoms with Gasteiger partial charge in [-0.1, -0.05) is 0 Å². The largest absolute Gasteiger partial charge is 0.405 e. The van der Waals surface area contributed by atoms with Gasteiger partial charge in [0, 0.05) is 12.2 Å². The molecule has 0 saturated heterocycles. The van der Waals surface area contributed by atoms with Gasteiger partial charge in [0.05, 0.1) is 5.69 Å². The standard InChI is InChI=1S/C10H14F3N3/c1-7(2)16(6-10(11,12)13)9-8(14)4-3-5-15-9/h3-5,7H,6,14H2,1-2H3. The predicted molar refractivity (Wildman–Crippen MR) is 57.2 cm³/mol. The lowest BCUT2D eigenvalue weighted by molar-refractivity contribution is -0.120. The average molecular weight is 233 g/mol. The maximum Gasteiger partial charge on any atom is 0.405 e. The number of anilines is 2. The SMILES string of the molecule is CC(C)N(CC(F)(F)F)c1ncccc1N. The first-order valence-electron chi connectivity index (χ1n) is 4.85. The van der Waals surface area contributed by atoms with Crippen LogP contribution in [0.5, 0.6) is 0 Å². The minimum absolute atomic E-state index is 0.176. The molecule has 1 aromatic rings. The lowest BCUT2D eigenvalue weighted by Crippen LogP contribution is -2.40. The van der Waals surface area contributed by atoms with E-state index in [-0.39, 0.29) is 17.5 Å². The van der Waals surface area contributed by atoms with E-state index in [2.05, 4.69) is 4.98 Å². The molecule has 90 valence electrons. The smallest absolute Gasteiger partial charge is 0.396 e. The fourth-order valence-electron chi connectivity index (χ4n) is 1.34. The number of hydrogen-bond donors (Lipinski definition) is 1. The monoisotopic (exact) mass is 233 g/mol. The van der Waals surface area contributed by atoms with Crippen molar-refractivity contribution >= 4 is 11.5 Å². The van der Waals surface area contributed by atoms with Gasteiger partial charge >= 0.3 is 6.18 Å². The van der Waals surface area contributed by atoms with Crippen molar-refractivity contribution in [2.24, 2.45) is 0 Å². The molecule has 0 aliphatic heterocycles. The second kappa shape index (κ2) is 4.59. The van der Waals surface area contributed by atoms with Crippen molar-refractivity contribution in [1.82, 2.24) is 4.98 Å². The van der Waals surface area contributed by atoms with Crippen molar-refractivity contribution in [3.63, 3.8) is 0 Å². The fourth-order valence-corrected chi connectivity index (χ4v) is 1.34. The Balaban J connectivity index is 2.99. The molecular formula is C10H14F3N3. The molecular weight excluding hydrogens is 219 g/mol. The summed E-state index contributed by atoms with van der Waals surface area (Å²) < 4.78 is 37.1. The summed E-state index contributed by atoms with van der Waals surface area (Å²) in [6.07, 6.45) is -2.84. The van der Waals surface area contributed by atoms with Crippen LogP contribution in [-0.2, 0) is 0 Å². The van der Waals surface area contributed by atoms with E-state index >= 15 is 0 Å². The number of alkyl halides is 3. The van der Waals surface area contributed by atoms with E-state index in [9.17, 15) is 13.2 Å². The van der Waals surface area contributed by atoms with Crippen LogP contribution in [0.3, 0.4) is 0 Å². The van der Waals surface area contributed by atoms with Crippen molar-refractivity contribution in [3.05, 3.63) is 18.3 Å². The molecule has 2 N–H and O–H groups in total. The lowest BCUT2D eigenvalue weighted by Gasteiger charge is -2.29. The molecule has 6 heteroatoms. The topological polar surface area (TPSA) is 42.2 Å². The number of rotatable bonds is 3. The predicted octanol–water partition coefficient (Wildman–Crippen LogP) is 2.44. The van der Waals surface area contributed by atoms with E-state index < -0.39 is 12.7 Å². The number of pyridine rings is 1. The van der Waals surface area contributed by atoms with Crippen LogP contribution in [0.15, 0.2) is 18.3 Å². The Morgan fingerprint density at radius 3 is 2.50 bits per heavy atom. The molecule has 0 unspecified atom stereocenters. The first-order chi connectivity index (χ1) is 7.31. The van der Waals surface area contributed by atoms with Gasteiger partial charge in [-0.3, -0.25) is 0 Å². The van der Waals surface area contributed by atoms with E-state index in [0.717, 1.165) is 4.90 Å². The zero-order valence-corrected chi connectivity index (χ0v) is 9.12. The van der Waals surface area contributed by atoms with Gasteiger partial charge in [0.2, 0.25) is 0 Å². The second-order valence-corrected chi connectivity index (χ2v) is 3.75. The van der Waals surface area contributed by atoms with E-state index in [4.69, 9.17) is 5.73 Å². The molecule has 1 aromatic heterocycles. The molecule has 0 amide bonds. The molecule has 0 bridgehead atoms. The number of hydrogen-bond acceptors (Lipinski definition) is 3. The van der Waals surface area contributed by atoms with E-state index in [1.165, 1.54) is 12.3 Å². The molecule has 0 fully saturated rings. The Morgan fingerprint density at radius 1 is 1.44 bits per heavy atom. The van der Waals surface area contributed by atoms with Gasteiger partial charge in [-0.05, 0) is 26.0 Å². The molecule has 16 heavy (non-hydrogen) atoms. The molecule has 0 spiro atoms. The Hall–Kier alpha value is -1.46. The Labute approximate surface area is 92.1 Å². The molecule has 0 saturated carbocycles. The highest BCUT2D eigenvalue weighted by molar-refractivity contribution is 5.62. The van der Waals surface area contributed by atoms with Crippen LogP contribution >= 0.6 is 0 Å². The first-order valence-corrected chi connectivity index (χ1v) is 4.85. The molecule has 0 radical (unpaired) electrons. The number of aromatic nitrogens is 1. The minimum atomic E-state index is -4.27. The van der Waals surface area contributed by atoms with Crippen LogP contribution in [0.25, 0.3) is 0 Å². The van der Waals surface area contributed by atoms with Gasteiger partial charge in [0.25, 0.3) is 0 Å². The number of nitrogens with zero attached hydrogens (tertiary/aromatic N) is 2. The quantitative estimate of drug-likeness (QED) is 0.871. The summed E-state index contributed by atoms with van der Waals surface area (Å²) in [5.41, 5.74) is 5.86. The second-order valence-electron chi connectivity index (χ2n) is 3.75. The summed E-state index contributed by atoms with van der Waals surface area (Å²) in [6, 6.07) is 2.80. The Bertz CT molecular complexity index is 349. The summed E-state index contributed by atoms with van der Waals surface area (Å²) in [6.45, 7) is 2.28. The van der Waals surface area contributed by atoms with Gasteiger partial charge in [-0.2, -0.15) is 13.2 Å². The van der Waals surface area contributed by atoms with Crippen molar-refractivity contribution in [1.29, 1.82) is 0 Å². The molecule has 0 atom stereocenters. The fraction of sp³-hybridized carbons (Fsp3) is 0.500. The van der Waals surface area contributed by atoms with Crippen LogP contribution < -0.4 is 10.6 Å². The maximum absolute atomic E-state index is 12.4. The van der Waals surface area contributed by atoms with Gasteiger partial charge in [0.15, 0.2) is 5.82 Å². The molecule has 0 aromatic carbocycles. The van der Waals surface area contributed by atoms with Gasteiger partial charge in [0.1, 0.15) is 6.54 Å². The molecule has 0 aliphatic carbocycles. The minimum Gasteiger partial charge on any atom is -0.396 e. The highest BCUT2D eigenvalue weighted by Gasteiger charge is 2.33.